The molecule has 0 saturated heterocycles. The van der Waals surface area contributed by atoms with E-state index in [0.717, 1.165) is 5.69 Å². The van der Waals surface area contributed by atoms with Gasteiger partial charge in [-0.2, -0.15) is 0 Å². The molecule has 0 bridgehead atoms. The van der Waals surface area contributed by atoms with Crippen LogP contribution in [0.1, 0.15) is 31.7 Å². The molecule has 1 aromatic carbocycles. The standard InChI is InChI=1S/C11H19N3/c1-3-9(2)10-4-6-11(7-5-10)13-8-14-12/h4-7,9,13-14H,3,8,12H2,1-2H3. The maximum Gasteiger partial charge on any atom is 0.0780 e. The molecule has 78 valence electrons. The molecule has 3 heteroatoms. The number of nitrogens with one attached hydrogen (secondary N) is 2. The molecule has 0 saturated carbocycles. The minimum Gasteiger partial charge on any atom is -0.371 e. The van der Waals surface area contributed by atoms with Crippen LogP contribution in [0.2, 0.25) is 0 Å². The van der Waals surface area contributed by atoms with E-state index >= 15 is 0 Å². The highest BCUT2D eigenvalue weighted by atomic mass is 15.3. The second-order valence-corrected chi connectivity index (χ2v) is 3.49. The van der Waals surface area contributed by atoms with Gasteiger partial charge in [-0.3, -0.25) is 5.84 Å². The van der Waals surface area contributed by atoms with Gasteiger partial charge in [-0.05, 0) is 30.0 Å². The lowest BCUT2D eigenvalue weighted by Crippen LogP contribution is -2.28. The van der Waals surface area contributed by atoms with Crippen LogP contribution in [-0.2, 0) is 0 Å². The molecule has 1 aromatic rings. The third kappa shape index (κ3) is 3.01. The molecule has 0 aliphatic rings. The number of hydrogen-bond donors (Lipinski definition) is 3. The van der Waals surface area contributed by atoms with Crippen LogP contribution < -0.4 is 16.6 Å². The average molecular weight is 193 g/mol. The molecular formula is C11H19N3. The van der Waals surface area contributed by atoms with Gasteiger partial charge in [0.05, 0.1) is 6.67 Å². The normalized spacial score (nSPS) is 12.5. The minimum atomic E-state index is 0.586. The molecular weight excluding hydrogens is 174 g/mol. The van der Waals surface area contributed by atoms with Crippen LogP contribution in [0.5, 0.6) is 0 Å². The van der Waals surface area contributed by atoms with Crippen LogP contribution in [-0.4, -0.2) is 6.67 Å². The summed E-state index contributed by atoms with van der Waals surface area (Å²) < 4.78 is 0. The summed E-state index contributed by atoms with van der Waals surface area (Å²) in [6.45, 7) is 5.03. The smallest absolute Gasteiger partial charge is 0.0780 e. The molecule has 3 nitrogen and oxygen atoms in total. The Hall–Kier alpha value is -1.06. The van der Waals surface area contributed by atoms with E-state index in [9.17, 15) is 0 Å². The van der Waals surface area contributed by atoms with E-state index in [2.05, 4.69) is 48.9 Å². The highest BCUT2D eigenvalue weighted by Gasteiger charge is 2.01. The van der Waals surface area contributed by atoms with E-state index in [1.807, 2.05) is 0 Å². The Morgan fingerprint density at radius 1 is 1.29 bits per heavy atom. The Bertz CT molecular complexity index is 256. The molecule has 0 aromatic heterocycles. The zero-order chi connectivity index (χ0) is 10.4. The van der Waals surface area contributed by atoms with Gasteiger partial charge in [0.1, 0.15) is 0 Å². The third-order valence-corrected chi connectivity index (χ3v) is 2.49. The van der Waals surface area contributed by atoms with Crippen LogP contribution in [0.25, 0.3) is 0 Å². The van der Waals surface area contributed by atoms with Gasteiger partial charge < -0.3 is 5.32 Å². The molecule has 0 amide bonds. The largest absolute Gasteiger partial charge is 0.371 e. The van der Waals surface area contributed by atoms with Gasteiger partial charge >= 0.3 is 0 Å². The summed E-state index contributed by atoms with van der Waals surface area (Å²) in [5.41, 5.74) is 5.03. The van der Waals surface area contributed by atoms with Crippen molar-refractivity contribution in [2.45, 2.75) is 26.2 Å². The van der Waals surface area contributed by atoms with E-state index in [4.69, 9.17) is 5.84 Å². The van der Waals surface area contributed by atoms with Gasteiger partial charge in [-0.25, -0.2) is 5.43 Å². The molecule has 1 rings (SSSR count). The predicted octanol–water partition coefficient (Wildman–Crippen LogP) is 2.03. The van der Waals surface area contributed by atoms with Gasteiger partial charge in [0.15, 0.2) is 0 Å². The van der Waals surface area contributed by atoms with Crippen molar-refractivity contribution in [3.63, 3.8) is 0 Å². The minimum absolute atomic E-state index is 0.586. The molecule has 14 heavy (non-hydrogen) atoms. The third-order valence-electron chi connectivity index (χ3n) is 2.49. The Labute approximate surface area is 85.7 Å². The lowest BCUT2D eigenvalue weighted by atomic mass is 9.99. The van der Waals surface area contributed by atoms with Crippen molar-refractivity contribution in [3.8, 4) is 0 Å². The van der Waals surface area contributed by atoms with Crippen molar-refractivity contribution in [2.24, 2.45) is 5.84 Å². The number of nitrogens with two attached hydrogens (primary N) is 1. The quantitative estimate of drug-likeness (QED) is 0.381. The van der Waals surface area contributed by atoms with Crippen molar-refractivity contribution in [3.05, 3.63) is 29.8 Å². The van der Waals surface area contributed by atoms with Gasteiger partial charge in [0, 0.05) is 5.69 Å². The number of rotatable bonds is 5. The van der Waals surface area contributed by atoms with Gasteiger partial charge in [0.25, 0.3) is 0 Å². The molecule has 0 fully saturated rings. The Balaban J connectivity index is 2.59. The first kappa shape index (κ1) is 11.0. The Kier molecular flexibility index (Phi) is 4.43. The second kappa shape index (κ2) is 5.62. The van der Waals surface area contributed by atoms with Crippen LogP contribution in [0.4, 0.5) is 5.69 Å². The first-order valence-electron chi connectivity index (χ1n) is 5.05. The molecule has 0 radical (unpaired) electrons. The molecule has 1 unspecified atom stereocenters. The number of benzene rings is 1. The Morgan fingerprint density at radius 3 is 2.43 bits per heavy atom. The van der Waals surface area contributed by atoms with Crippen molar-refractivity contribution in [1.29, 1.82) is 0 Å². The molecule has 4 N–H and O–H groups in total. The Morgan fingerprint density at radius 2 is 1.93 bits per heavy atom. The van der Waals surface area contributed by atoms with Gasteiger partial charge in [-0.15, -0.1) is 0 Å². The van der Waals surface area contributed by atoms with Crippen molar-refractivity contribution >= 4 is 5.69 Å². The van der Waals surface area contributed by atoms with Crippen LogP contribution >= 0.6 is 0 Å². The van der Waals surface area contributed by atoms with E-state index in [-0.39, 0.29) is 0 Å². The summed E-state index contributed by atoms with van der Waals surface area (Å²) in [7, 11) is 0. The molecule has 0 aliphatic heterocycles. The molecule has 0 spiro atoms. The summed E-state index contributed by atoms with van der Waals surface area (Å²) in [6, 6.07) is 8.48. The zero-order valence-electron chi connectivity index (χ0n) is 8.88. The van der Waals surface area contributed by atoms with Crippen LogP contribution in [0.15, 0.2) is 24.3 Å². The maximum atomic E-state index is 5.16. The van der Waals surface area contributed by atoms with E-state index in [0.29, 0.717) is 12.6 Å². The summed E-state index contributed by atoms with van der Waals surface area (Å²) in [5.74, 6) is 5.80. The van der Waals surface area contributed by atoms with Crippen molar-refractivity contribution < 1.29 is 0 Å². The van der Waals surface area contributed by atoms with E-state index < -0.39 is 0 Å². The highest BCUT2D eigenvalue weighted by molar-refractivity contribution is 5.44. The first-order valence-corrected chi connectivity index (χ1v) is 5.05. The van der Waals surface area contributed by atoms with Crippen LogP contribution in [0, 0.1) is 0 Å². The first-order chi connectivity index (χ1) is 6.77. The SMILES string of the molecule is CCC(C)c1ccc(NCNN)cc1. The maximum absolute atomic E-state index is 5.16. The topological polar surface area (TPSA) is 50.1 Å². The van der Waals surface area contributed by atoms with E-state index in [1.54, 1.807) is 0 Å². The summed E-state index contributed by atoms with van der Waals surface area (Å²) in [6.07, 6.45) is 1.18. The summed E-state index contributed by atoms with van der Waals surface area (Å²) in [5, 5.41) is 3.14. The van der Waals surface area contributed by atoms with Crippen molar-refractivity contribution in [1.82, 2.24) is 5.43 Å². The molecule has 1 atom stereocenters. The zero-order valence-corrected chi connectivity index (χ0v) is 8.88. The highest BCUT2D eigenvalue weighted by Crippen LogP contribution is 2.20. The van der Waals surface area contributed by atoms with Gasteiger partial charge in [-0.1, -0.05) is 26.0 Å². The lowest BCUT2D eigenvalue weighted by molar-refractivity contribution is 0.733. The number of hydrogen-bond acceptors (Lipinski definition) is 3. The molecule has 0 aliphatic carbocycles. The predicted molar refractivity (Wildman–Crippen MR) is 61.0 cm³/mol. The fourth-order valence-electron chi connectivity index (χ4n) is 1.32. The number of anilines is 1. The van der Waals surface area contributed by atoms with E-state index in [1.165, 1.54) is 12.0 Å². The summed E-state index contributed by atoms with van der Waals surface area (Å²) >= 11 is 0. The average Bonchev–Trinajstić information content (AvgIpc) is 2.26. The second-order valence-electron chi connectivity index (χ2n) is 3.49. The fraction of sp³-hybridized carbons (Fsp3) is 0.455. The monoisotopic (exact) mass is 193 g/mol. The molecule has 0 heterocycles. The van der Waals surface area contributed by atoms with Crippen LogP contribution in [0.3, 0.4) is 0 Å². The lowest BCUT2D eigenvalue weighted by Gasteiger charge is -2.10. The summed E-state index contributed by atoms with van der Waals surface area (Å²) in [4.78, 5) is 0. The fourth-order valence-corrected chi connectivity index (χ4v) is 1.32. The number of hydrazine groups is 1. The van der Waals surface area contributed by atoms with Gasteiger partial charge in [0.2, 0.25) is 0 Å². The van der Waals surface area contributed by atoms with Crippen molar-refractivity contribution in [2.75, 3.05) is 12.0 Å².